The van der Waals surface area contributed by atoms with Crippen LogP contribution in [0.3, 0.4) is 0 Å². The summed E-state index contributed by atoms with van der Waals surface area (Å²) in [5.74, 6) is 0.344. The van der Waals surface area contributed by atoms with Crippen molar-refractivity contribution in [2.24, 2.45) is 0 Å². The maximum absolute atomic E-state index is 12.3. The van der Waals surface area contributed by atoms with Crippen LogP contribution in [0.25, 0.3) is 0 Å². The molecule has 5 heteroatoms. The van der Waals surface area contributed by atoms with E-state index in [9.17, 15) is 9.59 Å². The molecule has 0 aliphatic carbocycles. The number of nitrogens with zero attached hydrogens (tertiary/aromatic N) is 1. The normalized spacial score (nSPS) is 16.5. The molecule has 0 aromatic heterocycles. The number of thioether (sulfide) groups is 1. The molecule has 2 amide bonds. The summed E-state index contributed by atoms with van der Waals surface area (Å²) in [7, 11) is 0. The van der Waals surface area contributed by atoms with E-state index in [1.54, 1.807) is 11.8 Å². The molecule has 156 valence electrons. The number of benzene rings is 1. The van der Waals surface area contributed by atoms with Crippen molar-refractivity contribution in [3.63, 3.8) is 0 Å². The van der Waals surface area contributed by atoms with Gasteiger partial charge in [-0.05, 0) is 12.0 Å². The Morgan fingerprint density at radius 3 is 2.14 bits per heavy atom. The van der Waals surface area contributed by atoms with Crippen LogP contribution in [-0.2, 0) is 9.59 Å². The van der Waals surface area contributed by atoms with Crippen LogP contribution in [0.5, 0.6) is 0 Å². The van der Waals surface area contributed by atoms with Crippen molar-refractivity contribution < 1.29 is 9.59 Å². The number of hydrogen-bond acceptors (Lipinski definition) is 3. The summed E-state index contributed by atoms with van der Waals surface area (Å²) >= 11 is 1.56. The predicted molar refractivity (Wildman–Crippen MR) is 118 cm³/mol. The van der Waals surface area contributed by atoms with Gasteiger partial charge >= 0.3 is 0 Å². The Balaban J connectivity index is 1.55. The summed E-state index contributed by atoms with van der Waals surface area (Å²) in [5, 5.41) is 1.40. The Morgan fingerprint density at radius 1 is 0.964 bits per heavy atom. The maximum Gasteiger partial charge on any atom is 0.252 e. The minimum Gasteiger partial charge on any atom is -0.273 e. The number of nitrogens with one attached hydrogen (secondary N) is 1. The lowest BCUT2D eigenvalue weighted by atomic mass is 10.1. The zero-order valence-corrected chi connectivity index (χ0v) is 18.1. The zero-order valence-electron chi connectivity index (χ0n) is 17.3. The molecule has 4 nitrogen and oxygen atoms in total. The van der Waals surface area contributed by atoms with Crippen LogP contribution in [0, 0.1) is 0 Å². The molecule has 1 saturated heterocycles. The molecule has 1 atom stereocenters. The van der Waals surface area contributed by atoms with E-state index in [1.807, 2.05) is 30.3 Å². The van der Waals surface area contributed by atoms with Crippen LogP contribution in [0.4, 0.5) is 0 Å². The SMILES string of the molecule is CCCCCCCCCCCCCC(=O)NN1C(=O)CSC1c1ccccc1. The van der Waals surface area contributed by atoms with Gasteiger partial charge in [0.2, 0.25) is 5.91 Å². The fraction of sp³-hybridized carbons (Fsp3) is 0.652. The summed E-state index contributed by atoms with van der Waals surface area (Å²) < 4.78 is 0. The molecule has 1 aromatic carbocycles. The second-order valence-electron chi connectivity index (χ2n) is 7.66. The molecule has 0 saturated carbocycles. The van der Waals surface area contributed by atoms with Gasteiger partial charge in [0.25, 0.3) is 5.91 Å². The van der Waals surface area contributed by atoms with Crippen molar-refractivity contribution in [1.82, 2.24) is 10.4 Å². The van der Waals surface area contributed by atoms with Gasteiger partial charge in [-0.15, -0.1) is 11.8 Å². The molecule has 1 aliphatic heterocycles. The molecule has 28 heavy (non-hydrogen) atoms. The van der Waals surface area contributed by atoms with E-state index in [1.165, 1.54) is 62.8 Å². The first-order valence-electron chi connectivity index (χ1n) is 11.0. The smallest absolute Gasteiger partial charge is 0.252 e. The number of hydrogen-bond donors (Lipinski definition) is 1. The van der Waals surface area contributed by atoms with E-state index in [-0.39, 0.29) is 17.2 Å². The van der Waals surface area contributed by atoms with Crippen molar-refractivity contribution in [2.45, 2.75) is 89.3 Å². The first kappa shape index (κ1) is 22.8. The van der Waals surface area contributed by atoms with Crippen molar-refractivity contribution in [3.8, 4) is 0 Å². The second-order valence-corrected chi connectivity index (χ2v) is 8.73. The first-order valence-corrected chi connectivity index (χ1v) is 12.1. The third-order valence-electron chi connectivity index (χ3n) is 5.21. The highest BCUT2D eigenvalue weighted by atomic mass is 32.2. The average molecular weight is 405 g/mol. The van der Waals surface area contributed by atoms with E-state index >= 15 is 0 Å². The van der Waals surface area contributed by atoms with Gasteiger partial charge in [0.05, 0.1) is 5.75 Å². The van der Waals surface area contributed by atoms with Crippen LogP contribution >= 0.6 is 11.8 Å². The summed E-state index contributed by atoms with van der Waals surface area (Å²) in [4.78, 5) is 24.4. The molecule has 1 heterocycles. The molecular formula is C23H36N2O2S. The van der Waals surface area contributed by atoms with Crippen LogP contribution in [0.1, 0.15) is 94.9 Å². The Morgan fingerprint density at radius 2 is 1.54 bits per heavy atom. The molecule has 1 fully saturated rings. The third kappa shape index (κ3) is 8.26. The molecule has 2 rings (SSSR count). The quantitative estimate of drug-likeness (QED) is 0.387. The van der Waals surface area contributed by atoms with E-state index in [0.29, 0.717) is 12.2 Å². The van der Waals surface area contributed by atoms with Crippen molar-refractivity contribution in [3.05, 3.63) is 35.9 Å². The fourth-order valence-electron chi connectivity index (χ4n) is 3.55. The van der Waals surface area contributed by atoms with Gasteiger partial charge in [-0.1, -0.05) is 101 Å². The van der Waals surface area contributed by atoms with Gasteiger partial charge in [0.1, 0.15) is 5.37 Å². The highest BCUT2D eigenvalue weighted by Gasteiger charge is 2.33. The molecule has 0 radical (unpaired) electrons. The van der Waals surface area contributed by atoms with E-state index in [2.05, 4.69) is 12.3 Å². The molecule has 1 N–H and O–H groups in total. The average Bonchev–Trinajstić information content (AvgIpc) is 3.07. The minimum atomic E-state index is -0.116. The third-order valence-corrected chi connectivity index (χ3v) is 6.42. The van der Waals surface area contributed by atoms with Gasteiger partial charge in [0.15, 0.2) is 0 Å². The standard InChI is InChI=1S/C23H36N2O2S/c1-2-3-4-5-6-7-8-9-10-11-15-18-21(26)24-25-22(27)19-28-23(25)20-16-13-12-14-17-20/h12-14,16-17,23H,2-11,15,18-19H2,1H3,(H,24,26). The van der Waals surface area contributed by atoms with Crippen molar-refractivity contribution in [1.29, 1.82) is 0 Å². The first-order chi connectivity index (χ1) is 13.7. The Labute approximate surface area is 174 Å². The van der Waals surface area contributed by atoms with Crippen molar-refractivity contribution >= 4 is 23.6 Å². The van der Waals surface area contributed by atoms with Gasteiger partial charge in [-0.2, -0.15) is 0 Å². The summed E-state index contributed by atoms with van der Waals surface area (Å²) in [6.07, 6.45) is 14.4. The topological polar surface area (TPSA) is 49.4 Å². The summed E-state index contributed by atoms with van der Waals surface area (Å²) in [6, 6.07) is 9.88. The van der Waals surface area contributed by atoms with E-state index in [0.717, 1.165) is 18.4 Å². The Bertz CT molecular complexity index is 579. The molecule has 1 unspecified atom stereocenters. The van der Waals surface area contributed by atoms with E-state index < -0.39 is 0 Å². The summed E-state index contributed by atoms with van der Waals surface area (Å²) in [6.45, 7) is 2.25. The van der Waals surface area contributed by atoms with Crippen molar-refractivity contribution in [2.75, 3.05) is 5.75 Å². The van der Waals surface area contributed by atoms with Gasteiger partial charge in [-0.25, -0.2) is 5.01 Å². The number of rotatable bonds is 14. The monoisotopic (exact) mass is 404 g/mol. The largest absolute Gasteiger partial charge is 0.273 e. The lowest BCUT2D eigenvalue weighted by molar-refractivity contribution is -0.139. The summed E-state index contributed by atoms with van der Waals surface area (Å²) in [5.41, 5.74) is 3.89. The number of hydrazine groups is 1. The highest BCUT2D eigenvalue weighted by Crippen LogP contribution is 2.37. The van der Waals surface area contributed by atoms with Crippen LogP contribution in [-0.4, -0.2) is 22.6 Å². The molecule has 0 bridgehead atoms. The lowest BCUT2D eigenvalue weighted by Gasteiger charge is -2.24. The molecule has 1 aliphatic rings. The van der Waals surface area contributed by atoms with Crippen LogP contribution < -0.4 is 5.43 Å². The number of carbonyl (C=O) groups is 2. The van der Waals surface area contributed by atoms with Gasteiger partial charge < -0.3 is 0 Å². The molecule has 0 spiro atoms. The fourth-order valence-corrected chi connectivity index (χ4v) is 4.66. The minimum absolute atomic E-state index is 0.0221. The Hall–Kier alpha value is -1.49. The number of carbonyl (C=O) groups excluding carboxylic acids is 2. The molecule has 1 aromatic rings. The van der Waals surface area contributed by atoms with E-state index in [4.69, 9.17) is 0 Å². The maximum atomic E-state index is 12.3. The number of unbranched alkanes of at least 4 members (excludes halogenated alkanes) is 10. The number of amides is 2. The zero-order chi connectivity index (χ0) is 20.0. The predicted octanol–water partition coefficient (Wildman–Crippen LogP) is 5.99. The van der Waals surface area contributed by atoms with Crippen LogP contribution in [0.15, 0.2) is 30.3 Å². The molecular weight excluding hydrogens is 368 g/mol. The van der Waals surface area contributed by atoms with Crippen LogP contribution in [0.2, 0.25) is 0 Å². The van der Waals surface area contributed by atoms with Gasteiger partial charge in [-0.3, -0.25) is 15.0 Å². The van der Waals surface area contributed by atoms with Gasteiger partial charge in [0, 0.05) is 6.42 Å². The Kier molecular flexibility index (Phi) is 11.1. The second kappa shape index (κ2) is 13.6. The lowest BCUT2D eigenvalue weighted by Crippen LogP contribution is -2.44. The highest BCUT2D eigenvalue weighted by molar-refractivity contribution is 8.00.